The van der Waals surface area contributed by atoms with Gasteiger partial charge in [0.25, 0.3) is 0 Å². The summed E-state index contributed by atoms with van der Waals surface area (Å²) in [4.78, 5) is 10.2. The van der Waals surface area contributed by atoms with Crippen molar-refractivity contribution >= 4 is 11.6 Å². The first-order valence-electron chi connectivity index (χ1n) is 10.7. The van der Waals surface area contributed by atoms with Crippen LogP contribution in [-0.2, 0) is 5.41 Å². The van der Waals surface area contributed by atoms with Gasteiger partial charge in [-0.1, -0.05) is 115 Å². The van der Waals surface area contributed by atoms with Gasteiger partial charge in [-0.25, -0.2) is 9.97 Å². The van der Waals surface area contributed by atoms with Gasteiger partial charge in [0.05, 0.1) is 16.8 Å². The van der Waals surface area contributed by atoms with E-state index >= 15 is 0 Å². The minimum Gasteiger partial charge on any atom is -0.243 e. The van der Waals surface area contributed by atoms with E-state index in [1.165, 1.54) is 27.8 Å². The summed E-state index contributed by atoms with van der Waals surface area (Å²) in [6.45, 7) is 0. The van der Waals surface area contributed by atoms with Gasteiger partial charge in [-0.05, 0) is 27.8 Å². The van der Waals surface area contributed by atoms with Crippen LogP contribution in [0.25, 0.3) is 33.6 Å². The molecule has 3 heteroatoms. The number of hydrogen-bond acceptors (Lipinski definition) is 2. The zero-order valence-corrected chi connectivity index (χ0v) is 17.8. The van der Waals surface area contributed by atoms with E-state index in [-0.39, 0.29) is 0 Å². The largest absolute Gasteiger partial charge is 0.243 e. The number of hydrogen-bond donors (Lipinski definition) is 0. The Bertz CT molecular complexity index is 1490. The fourth-order valence-corrected chi connectivity index (χ4v) is 5.80. The summed E-state index contributed by atoms with van der Waals surface area (Å²) in [7, 11) is 0. The zero-order valence-electron chi connectivity index (χ0n) is 17.1. The van der Waals surface area contributed by atoms with E-state index in [4.69, 9.17) is 21.6 Å². The van der Waals surface area contributed by atoms with Crippen LogP contribution in [0.4, 0.5) is 0 Å². The Hall–Kier alpha value is -3.75. The summed E-state index contributed by atoms with van der Waals surface area (Å²) >= 11 is 6.83. The van der Waals surface area contributed by atoms with Gasteiger partial charge in [-0.3, -0.25) is 0 Å². The Balaban J connectivity index is 1.64. The van der Waals surface area contributed by atoms with Crippen molar-refractivity contribution in [3.8, 4) is 33.6 Å². The van der Waals surface area contributed by atoms with Crippen molar-refractivity contribution in [2.45, 2.75) is 5.41 Å². The van der Waals surface area contributed by atoms with Crippen LogP contribution < -0.4 is 0 Å². The molecule has 0 atom stereocenters. The van der Waals surface area contributed by atoms with Gasteiger partial charge >= 0.3 is 0 Å². The molecule has 0 saturated carbocycles. The van der Waals surface area contributed by atoms with E-state index in [0.29, 0.717) is 5.15 Å². The third-order valence-electron chi connectivity index (χ3n) is 6.79. The lowest BCUT2D eigenvalue weighted by Crippen LogP contribution is -2.27. The highest BCUT2D eigenvalue weighted by atomic mass is 35.5. The summed E-state index contributed by atoms with van der Waals surface area (Å²) in [6.07, 6.45) is 0. The minimum atomic E-state index is -0.509. The van der Waals surface area contributed by atoms with Crippen molar-refractivity contribution in [2.75, 3.05) is 0 Å². The minimum absolute atomic E-state index is 0.434. The van der Waals surface area contributed by atoms with Crippen molar-refractivity contribution in [2.24, 2.45) is 0 Å². The number of aromatic nitrogens is 2. The SMILES string of the molecule is Clc1nc2c(nc1-c1ccccc1)-c1ccccc1C21c2ccccc2-c2ccccc21. The lowest BCUT2D eigenvalue weighted by Gasteiger charge is -2.29. The first kappa shape index (κ1) is 17.9. The predicted octanol–water partition coefficient (Wildman–Crippen LogP) is 7.14. The van der Waals surface area contributed by atoms with Gasteiger partial charge in [-0.2, -0.15) is 0 Å². The van der Waals surface area contributed by atoms with E-state index in [1.807, 2.05) is 30.3 Å². The summed E-state index contributed by atoms with van der Waals surface area (Å²) in [5.41, 5.74) is 10.3. The van der Waals surface area contributed by atoms with Crippen molar-refractivity contribution in [3.63, 3.8) is 0 Å². The van der Waals surface area contributed by atoms with E-state index in [9.17, 15) is 0 Å². The monoisotopic (exact) mass is 428 g/mol. The van der Waals surface area contributed by atoms with E-state index < -0.39 is 5.41 Å². The molecular formula is C29H17ClN2. The van der Waals surface area contributed by atoms with Crippen LogP contribution >= 0.6 is 11.6 Å². The normalized spacial score (nSPS) is 14.0. The molecule has 32 heavy (non-hydrogen) atoms. The maximum Gasteiger partial charge on any atom is 0.155 e. The Morgan fingerprint density at radius 2 is 1.00 bits per heavy atom. The highest BCUT2D eigenvalue weighted by molar-refractivity contribution is 6.32. The Morgan fingerprint density at radius 3 is 1.62 bits per heavy atom. The average Bonchev–Trinajstić information content (AvgIpc) is 3.31. The Morgan fingerprint density at radius 1 is 0.500 bits per heavy atom. The molecule has 0 saturated heterocycles. The third-order valence-corrected chi connectivity index (χ3v) is 7.06. The predicted molar refractivity (Wildman–Crippen MR) is 129 cm³/mol. The molecule has 0 amide bonds. The maximum atomic E-state index is 6.83. The molecule has 0 unspecified atom stereocenters. The van der Waals surface area contributed by atoms with E-state index in [0.717, 1.165) is 28.2 Å². The van der Waals surface area contributed by atoms with Crippen LogP contribution in [0.15, 0.2) is 103 Å². The van der Waals surface area contributed by atoms with Crippen LogP contribution in [0.2, 0.25) is 5.15 Å². The number of nitrogens with zero attached hydrogens (tertiary/aromatic N) is 2. The molecule has 0 aliphatic heterocycles. The van der Waals surface area contributed by atoms with Crippen LogP contribution in [-0.4, -0.2) is 9.97 Å². The topological polar surface area (TPSA) is 25.8 Å². The number of benzene rings is 4. The second-order valence-corrected chi connectivity index (χ2v) is 8.67. The fraction of sp³-hybridized carbons (Fsp3) is 0.0345. The third kappa shape index (κ3) is 2.10. The van der Waals surface area contributed by atoms with Crippen molar-refractivity contribution in [3.05, 3.63) is 131 Å². The summed E-state index contributed by atoms with van der Waals surface area (Å²) < 4.78 is 0. The zero-order chi connectivity index (χ0) is 21.3. The molecule has 4 aromatic carbocycles. The number of halogens is 1. The van der Waals surface area contributed by atoms with Gasteiger partial charge in [0.2, 0.25) is 0 Å². The molecular weight excluding hydrogens is 412 g/mol. The molecule has 0 radical (unpaired) electrons. The number of fused-ring (bicyclic) bond motifs is 10. The van der Waals surface area contributed by atoms with Crippen LogP contribution in [0, 0.1) is 0 Å². The quantitative estimate of drug-likeness (QED) is 0.277. The second-order valence-electron chi connectivity index (χ2n) is 8.31. The lowest BCUT2D eigenvalue weighted by molar-refractivity contribution is 0.757. The van der Waals surface area contributed by atoms with Crippen LogP contribution in [0.5, 0.6) is 0 Å². The van der Waals surface area contributed by atoms with Crippen molar-refractivity contribution in [1.82, 2.24) is 9.97 Å². The average molecular weight is 429 g/mol. The first-order chi connectivity index (χ1) is 15.8. The molecule has 1 spiro atoms. The molecule has 1 aromatic heterocycles. The summed E-state index contributed by atoms with van der Waals surface area (Å²) in [5, 5.41) is 0.434. The van der Waals surface area contributed by atoms with Gasteiger partial charge in [0, 0.05) is 11.1 Å². The molecule has 2 aliphatic rings. The standard InChI is InChI=1S/C29H17ClN2/c30-28-25(18-10-2-1-3-11-18)31-26-21-14-6-9-17-24(21)29(27(26)32-28)22-15-7-4-12-19(22)20-13-5-8-16-23(20)29/h1-17H. The molecule has 2 aliphatic carbocycles. The maximum absolute atomic E-state index is 6.83. The van der Waals surface area contributed by atoms with Gasteiger partial charge in [0.15, 0.2) is 5.15 Å². The molecule has 1 heterocycles. The van der Waals surface area contributed by atoms with Gasteiger partial charge in [0.1, 0.15) is 5.69 Å². The summed E-state index contributed by atoms with van der Waals surface area (Å²) in [6, 6.07) is 35.9. The molecule has 5 aromatic rings. The molecule has 150 valence electrons. The molecule has 2 nitrogen and oxygen atoms in total. The van der Waals surface area contributed by atoms with Gasteiger partial charge < -0.3 is 0 Å². The van der Waals surface area contributed by atoms with Crippen LogP contribution in [0.3, 0.4) is 0 Å². The van der Waals surface area contributed by atoms with E-state index in [1.54, 1.807) is 0 Å². The number of rotatable bonds is 1. The van der Waals surface area contributed by atoms with Gasteiger partial charge in [-0.15, -0.1) is 0 Å². The van der Waals surface area contributed by atoms with E-state index in [2.05, 4.69) is 72.8 Å². The molecule has 0 bridgehead atoms. The molecule has 0 fully saturated rings. The summed E-state index contributed by atoms with van der Waals surface area (Å²) in [5.74, 6) is 0. The highest BCUT2D eigenvalue weighted by Gasteiger charge is 2.53. The molecule has 0 N–H and O–H groups in total. The molecule has 7 rings (SSSR count). The van der Waals surface area contributed by atoms with Crippen LogP contribution in [0.1, 0.15) is 22.4 Å². The smallest absolute Gasteiger partial charge is 0.155 e. The van der Waals surface area contributed by atoms with Crippen molar-refractivity contribution < 1.29 is 0 Å². The lowest BCUT2D eigenvalue weighted by atomic mass is 9.73. The van der Waals surface area contributed by atoms with Crippen molar-refractivity contribution in [1.29, 1.82) is 0 Å². The second kappa shape index (κ2) is 6.38. The Kier molecular flexibility index (Phi) is 3.57. The first-order valence-corrected chi connectivity index (χ1v) is 11.1. The highest BCUT2D eigenvalue weighted by Crippen LogP contribution is 2.62. The fourth-order valence-electron chi connectivity index (χ4n) is 5.57. The Labute approximate surface area is 191 Å².